The van der Waals surface area contributed by atoms with Crippen LogP contribution >= 0.6 is 11.8 Å². The predicted octanol–water partition coefficient (Wildman–Crippen LogP) is 2.49. The van der Waals surface area contributed by atoms with Crippen LogP contribution in [0.15, 0.2) is 35.4 Å². The summed E-state index contributed by atoms with van der Waals surface area (Å²) in [6, 6.07) is 8.24. The van der Waals surface area contributed by atoms with Crippen LogP contribution in [-0.4, -0.2) is 30.4 Å². The highest BCUT2D eigenvalue weighted by atomic mass is 32.2. The van der Waals surface area contributed by atoms with Gasteiger partial charge in [-0.3, -0.25) is 0 Å². The van der Waals surface area contributed by atoms with Gasteiger partial charge in [0.25, 0.3) is 0 Å². The van der Waals surface area contributed by atoms with Crippen LogP contribution in [0.2, 0.25) is 0 Å². The van der Waals surface area contributed by atoms with E-state index in [1.54, 1.807) is 18.0 Å². The van der Waals surface area contributed by atoms with E-state index >= 15 is 0 Å². The number of aromatic nitrogens is 6. The molecule has 0 spiro atoms. The van der Waals surface area contributed by atoms with E-state index in [0.29, 0.717) is 5.75 Å². The van der Waals surface area contributed by atoms with Gasteiger partial charge in [0.2, 0.25) is 0 Å². The molecule has 2 heterocycles. The summed E-state index contributed by atoms with van der Waals surface area (Å²) < 4.78 is 1.84. The first-order chi connectivity index (χ1) is 9.75. The molecule has 3 rings (SSSR count). The van der Waals surface area contributed by atoms with E-state index in [-0.39, 0.29) is 6.04 Å². The van der Waals surface area contributed by atoms with Gasteiger partial charge in [0.05, 0.1) is 23.5 Å². The Bertz CT molecular complexity index is 718. The molecule has 2 aromatic heterocycles. The molecule has 3 aromatic rings. The normalized spacial score (nSPS) is 11.3. The fourth-order valence-corrected chi connectivity index (χ4v) is 2.87. The second-order valence-corrected chi connectivity index (χ2v) is 5.67. The highest BCUT2D eigenvalue weighted by Crippen LogP contribution is 2.28. The number of benzene rings is 1. The van der Waals surface area contributed by atoms with E-state index < -0.39 is 0 Å². The second kappa shape index (κ2) is 5.54. The van der Waals surface area contributed by atoms with E-state index in [0.717, 1.165) is 21.6 Å². The lowest BCUT2D eigenvalue weighted by Gasteiger charge is -2.08. The standard InChI is InChI=1S/C13H14N6S/c1-9(2)19-13(16-17-18-19)8-20-12-7-14-15-11-6-4-3-5-10(11)12/h3-7,9H,8H2,1-2H3. The average molecular weight is 286 g/mol. The molecule has 0 radical (unpaired) electrons. The number of rotatable bonds is 4. The van der Waals surface area contributed by atoms with Crippen LogP contribution < -0.4 is 0 Å². The Hall–Kier alpha value is -2.02. The van der Waals surface area contributed by atoms with Crippen LogP contribution in [-0.2, 0) is 5.75 Å². The molecule has 0 fully saturated rings. The molecule has 0 aliphatic heterocycles. The lowest BCUT2D eigenvalue weighted by molar-refractivity contribution is 0.501. The maximum Gasteiger partial charge on any atom is 0.161 e. The van der Waals surface area contributed by atoms with Gasteiger partial charge in [-0.25, -0.2) is 4.68 Å². The van der Waals surface area contributed by atoms with Crippen LogP contribution in [0.25, 0.3) is 10.9 Å². The molecule has 0 atom stereocenters. The second-order valence-electron chi connectivity index (χ2n) is 4.65. The van der Waals surface area contributed by atoms with Crippen LogP contribution in [0.1, 0.15) is 25.7 Å². The van der Waals surface area contributed by atoms with Crippen LogP contribution in [0, 0.1) is 0 Å². The van der Waals surface area contributed by atoms with Crippen LogP contribution in [0.3, 0.4) is 0 Å². The summed E-state index contributed by atoms with van der Waals surface area (Å²) in [7, 11) is 0. The van der Waals surface area contributed by atoms with Gasteiger partial charge in [0, 0.05) is 10.3 Å². The van der Waals surface area contributed by atoms with E-state index in [2.05, 4.69) is 45.6 Å². The molecule has 20 heavy (non-hydrogen) atoms. The predicted molar refractivity (Wildman–Crippen MR) is 77.3 cm³/mol. The molecule has 6 nitrogen and oxygen atoms in total. The highest BCUT2D eigenvalue weighted by molar-refractivity contribution is 7.98. The molecule has 0 N–H and O–H groups in total. The minimum atomic E-state index is 0.257. The van der Waals surface area contributed by atoms with Crippen molar-refractivity contribution >= 4 is 22.7 Å². The maximum atomic E-state index is 4.12. The highest BCUT2D eigenvalue weighted by Gasteiger charge is 2.11. The summed E-state index contributed by atoms with van der Waals surface area (Å²) in [5.41, 5.74) is 0.904. The van der Waals surface area contributed by atoms with Crippen LogP contribution in [0.4, 0.5) is 0 Å². The van der Waals surface area contributed by atoms with Crippen LogP contribution in [0.5, 0.6) is 0 Å². The number of hydrogen-bond donors (Lipinski definition) is 0. The van der Waals surface area contributed by atoms with E-state index in [4.69, 9.17) is 0 Å². The smallest absolute Gasteiger partial charge is 0.161 e. The van der Waals surface area contributed by atoms with Gasteiger partial charge >= 0.3 is 0 Å². The Morgan fingerprint density at radius 2 is 2.05 bits per heavy atom. The lowest BCUT2D eigenvalue weighted by Crippen LogP contribution is -2.07. The molecule has 0 saturated carbocycles. The first-order valence-electron chi connectivity index (χ1n) is 6.35. The molecular weight excluding hydrogens is 272 g/mol. The third-order valence-electron chi connectivity index (χ3n) is 2.92. The van der Waals surface area contributed by atoms with E-state index in [9.17, 15) is 0 Å². The van der Waals surface area contributed by atoms with Gasteiger partial charge in [-0.05, 0) is 30.3 Å². The molecule has 0 aliphatic carbocycles. The zero-order valence-electron chi connectivity index (χ0n) is 11.3. The van der Waals surface area contributed by atoms with E-state index in [1.807, 2.05) is 22.9 Å². The van der Waals surface area contributed by atoms with Gasteiger partial charge in [-0.2, -0.15) is 10.2 Å². The Morgan fingerprint density at radius 1 is 1.20 bits per heavy atom. The summed E-state index contributed by atoms with van der Waals surface area (Å²) in [6.07, 6.45) is 1.79. The van der Waals surface area contributed by atoms with Crippen molar-refractivity contribution in [3.63, 3.8) is 0 Å². The topological polar surface area (TPSA) is 69.4 Å². The third kappa shape index (κ3) is 2.49. The SMILES string of the molecule is CC(C)n1nnnc1CSc1cnnc2ccccc12. The molecule has 1 aromatic carbocycles. The van der Waals surface area contributed by atoms with Crippen molar-refractivity contribution in [1.29, 1.82) is 0 Å². The largest absolute Gasteiger partial charge is 0.226 e. The fraction of sp³-hybridized carbons (Fsp3) is 0.308. The van der Waals surface area contributed by atoms with Gasteiger partial charge < -0.3 is 0 Å². The number of tetrazole rings is 1. The Labute approximate surface area is 120 Å². The summed E-state index contributed by atoms with van der Waals surface area (Å²) in [4.78, 5) is 1.09. The van der Waals surface area contributed by atoms with Crippen molar-refractivity contribution in [2.45, 2.75) is 30.5 Å². The van der Waals surface area contributed by atoms with Gasteiger partial charge in [0.1, 0.15) is 0 Å². The molecule has 7 heteroatoms. The molecule has 102 valence electrons. The number of thioether (sulfide) groups is 1. The minimum absolute atomic E-state index is 0.257. The third-order valence-corrected chi connectivity index (χ3v) is 3.96. The average Bonchev–Trinajstić information content (AvgIpc) is 2.93. The van der Waals surface area contributed by atoms with Crippen molar-refractivity contribution < 1.29 is 0 Å². The first kappa shape index (κ1) is 13.0. The number of fused-ring (bicyclic) bond motifs is 1. The van der Waals surface area contributed by atoms with E-state index in [1.165, 1.54) is 0 Å². The Kier molecular flexibility index (Phi) is 3.60. The summed E-state index contributed by atoms with van der Waals surface area (Å²) in [6.45, 7) is 4.13. The summed E-state index contributed by atoms with van der Waals surface area (Å²) in [5, 5.41) is 21.1. The minimum Gasteiger partial charge on any atom is -0.226 e. The molecule has 0 saturated heterocycles. The molecule has 0 unspecified atom stereocenters. The van der Waals surface area contributed by atoms with Gasteiger partial charge in [0.15, 0.2) is 5.82 Å². The molecule has 0 bridgehead atoms. The monoisotopic (exact) mass is 286 g/mol. The quantitative estimate of drug-likeness (QED) is 0.686. The molecular formula is C13H14N6S. The number of hydrogen-bond acceptors (Lipinski definition) is 6. The molecule has 0 aliphatic rings. The van der Waals surface area contributed by atoms with Crippen molar-refractivity contribution in [1.82, 2.24) is 30.4 Å². The summed E-state index contributed by atoms with van der Waals surface area (Å²) >= 11 is 1.67. The summed E-state index contributed by atoms with van der Waals surface area (Å²) in [5.74, 6) is 1.58. The maximum absolute atomic E-state index is 4.12. The van der Waals surface area contributed by atoms with Gasteiger partial charge in [-0.1, -0.05) is 18.2 Å². The van der Waals surface area contributed by atoms with Crippen molar-refractivity contribution in [2.24, 2.45) is 0 Å². The number of nitrogens with zero attached hydrogens (tertiary/aromatic N) is 6. The first-order valence-corrected chi connectivity index (χ1v) is 7.34. The Morgan fingerprint density at radius 3 is 2.90 bits per heavy atom. The zero-order valence-corrected chi connectivity index (χ0v) is 12.1. The Balaban J connectivity index is 1.85. The van der Waals surface area contributed by atoms with Gasteiger partial charge in [-0.15, -0.1) is 16.9 Å². The van der Waals surface area contributed by atoms with Crippen molar-refractivity contribution in [3.05, 3.63) is 36.3 Å². The van der Waals surface area contributed by atoms with Crippen molar-refractivity contribution in [3.8, 4) is 0 Å². The zero-order chi connectivity index (χ0) is 13.9. The fourth-order valence-electron chi connectivity index (χ4n) is 1.95. The van der Waals surface area contributed by atoms with Crippen molar-refractivity contribution in [2.75, 3.05) is 0 Å². The lowest BCUT2D eigenvalue weighted by atomic mass is 10.2. The molecule has 0 amide bonds.